The molecule has 1 heterocycles. The van der Waals surface area contributed by atoms with Gasteiger partial charge in [0.15, 0.2) is 0 Å². The summed E-state index contributed by atoms with van der Waals surface area (Å²) in [6.45, 7) is 2.06. The highest BCUT2D eigenvalue weighted by Gasteiger charge is 2.22. The van der Waals surface area contributed by atoms with Gasteiger partial charge in [-0.1, -0.05) is 24.3 Å². The number of hydrogen-bond acceptors (Lipinski definition) is 3. The molecule has 2 N–H and O–H groups in total. The molecule has 1 aliphatic heterocycles. The van der Waals surface area contributed by atoms with Crippen LogP contribution in [0.1, 0.15) is 29.3 Å². The highest BCUT2D eigenvalue weighted by Crippen LogP contribution is 2.32. The Morgan fingerprint density at radius 2 is 2.00 bits per heavy atom. The van der Waals surface area contributed by atoms with Gasteiger partial charge in [-0.25, -0.2) is 0 Å². The van der Waals surface area contributed by atoms with E-state index < -0.39 is 0 Å². The van der Waals surface area contributed by atoms with Crippen molar-refractivity contribution in [3.05, 3.63) is 59.2 Å². The molecular formula is C18H16N2O. The molecule has 0 saturated carbocycles. The van der Waals surface area contributed by atoms with Crippen LogP contribution in [-0.2, 0) is 0 Å². The second-order valence-corrected chi connectivity index (χ2v) is 5.09. The Balaban J connectivity index is 2.06. The van der Waals surface area contributed by atoms with Crippen molar-refractivity contribution in [2.45, 2.75) is 19.5 Å². The number of nitrogens with zero attached hydrogens (tertiary/aromatic N) is 1. The van der Waals surface area contributed by atoms with Crippen LogP contribution in [0.5, 0.6) is 5.75 Å². The Hall–Kier alpha value is -2.73. The first-order valence-electron chi connectivity index (χ1n) is 6.84. The first-order chi connectivity index (χ1) is 10.2. The molecular weight excluding hydrogens is 260 g/mol. The fraction of sp³-hybridized carbons (Fsp3) is 0.167. The standard InChI is InChI=1S/C18H16N2O/c1-3-5-15-17-12(2)6-4-7-16(17)20-18(19-15)13-8-10-14(21)11-9-13/h1,4,6-11,18,20-21H,5H2,2H3. The van der Waals surface area contributed by atoms with E-state index in [1.165, 1.54) is 0 Å². The maximum atomic E-state index is 9.40. The number of terminal acetylenes is 1. The summed E-state index contributed by atoms with van der Waals surface area (Å²) in [6.07, 6.45) is 5.82. The first-order valence-corrected chi connectivity index (χ1v) is 6.84. The quantitative estimate of drug-likeness (QED) is 0.823. The van der Waals surface area contributed by atoms with Crippen LogP contribution in [0.2, 0.25) is 0 Å². The summed E-state index contributed by atoms with van der Waals surface area (Å²) in [5.74, 6) is 2.94. The number of fused-ring (bicyclic) bond motifs is 1. The van der Waals surface area contributed by atoms with Crippen molar-refractivity contribution in [3.8, 4) is 18.1 Å². The van der Waals surface area contributed by atoms with Crippen LogP contribution in [0, 0.1) is 19.3 Å². The second kappa shape index (κ2) is 5.34. The summed E-state index contributed by atoms with van der Waals surface area (Å²) in [4.78, 5) is 4.76. The Morgan fingerprint density at radius 1 is 1.24 bits per heavy atom. The number of rotatable bonds is 2. The lowest BCUT2D eigenvalue weighted by Crippen LogP contribution is -2.20. The van der Waals surface area contributed by atoms with Crippen molar-refractivity contribution in [3.63, 3.8) is 0 Å². The molecule has 0 spiro atoms. The molecule has 2 aromatic rings. The van der Waals surface area contributed by atoms with Crippen molar-refractivity contribution < 1.29 is 5.11 Å². The summed E-state index contributed by atoms with van der Waals surface area (Å²) < 4.78 is 0. The smallest absolute Gasteiger partial charge is 0.145 e. The molecule has 1 unspecified atom stereocenters. The van der Waals surface area contributed by atoms with Gasteiger partial charge < -0.3 is 10.4 Å². The molecule has 0 aliphatic carbocycles. The van der Waals surface area contributed by atoms with E-state index in [1.54, 1.807) is 12.1 Å². The number of benzene rings is 2. The molecule has 21 heavy (non-hydrogen) atoms. The van der Waals surface area contributed by atoms with E-state index in [2.05, 4.69) is 24.2 Å². The third kappa shape index (κ3) is 2.48. The zero-order valence-electron chi connectivity index (χ0n) is 11.8. The van der Waals surface area contributed by atoms with Crippen LogP contribution in [0.3, 0.4) is 0 Å². The Labute approximate surface area is 124 Å². The zero-order valence-corrected chi connectivity index (χ0v) is 11.8. The number of aryl methyl sites for hydroxylation is 1. The molecule has 0 bridgehead atoms. The maximum absolute atomic E-state index is 9.40. The minimum Gasteiger partial charge on any atom is -0.508 e. The van der Waals surface area contributed by atoms with Crippen LogP contribution in [0.15, 0.2) is 47.5 Å². The molecule has 0 fully saturated rings. The largest absolute Gasteiger partial charge is 0.508 e. The Morgan fingerprint density at radius 3 is 2.71 bits per heavy atom. The molecule has 0 saturated heterocycles. The van der Waals surface area contributed by atoms with E-state index in [-0.39, 0.29) is 11.9 Å². The summed E-state index contributed by atoms with van der Waals surface area (Å²) in [5.41, 5.74) is 5.24. The molecule has 3 rings (SSSR count). The molecule has 0 aromatic heterocycles. The van der Waals surface area contributed by atoms with E-state index >= 15 is 0 Å². The van der Waals surface area contributed by atoms with E-state index in [1.807, 2.05) is 24.3 Å². The molecule has 104 valence electrons. The molecule has 3 nitrogen and oxygen atoms in total. The fourth-order valence-electron chi connectivity index (χ4n) is 2.62. The lowest BCUT2D eigenvalue weighted by molar-refractivity contribution is 0.475. The van der Waals surface area contributed by atoms with E-state index in [0.29, 0.717) is 6.42 Å². The van der Waals surface area contributed by atoms with Crippen molar-refractivity contribution in [2.24, 2.45) is 4.99 Å². The number of phenolic OH excluding ortho intramolecular Hbond substituents is 1. The van der Waals surface area contributed by atoms with Gasteiger partial charge in [0, 0.05) is 11.3 Å². The van der Waals surface area contributed by atoms with Gasteiger partial charge in [-0.2, -0.15) is 0 Å². The van der Waals surface area contributed by atoms with Crippen molar-refractivity contribution in [2.75, 3.05) is 5.32 Å². The van der Waals surface area contributed by atoms with Crippen molar-refractivity contribution >= 4 is 11.4 Å². The molecule has 2 aromatic carbocycles. The minimum atomic E-state index is -0.178. The highest BCUT2D eigenvalue weighted by atomic mass is 16.3. The van der Waals surface area contributed by atoms with Gasteiger partial charge in [-0.15, -0.1) is 12.3 Å². The molecule has 0 radical (unpaired) electrons. The van der Waals surface area contributed by atoms with Gasteiger partial charge in [0.1, 0.15) is 11.9 Å². The molecule has 3 heteroatoms. The average molecular weight is 276 g/mol. The summed E-state index contributed by atoms with van der Waals surface area (Å²) in [5, 5.41) is 12.8. The number of aromatic hydroxyl groups is 1. The SMILES string of the molecule is C#CCC1=NC(c2ccc(O)cc2)Nc2cccc(C)c21. The summed E-state index contributed by atoms with van der Waals surface area (Å²) >= 11 is 0. The molecule has 0 amide bonds. The van der Waals surface area contributed by atoms with Gasteiger partial charge in [-0.3, -0.25) is 4.99 Å². The van der Waals surface area contributed by atoms with Gasteiger partial charge in [0.05, 0.1) is 12.1 Å². The van der Waals surface area contributed by atoms with E-state index in [9.17, 15) is 5.11 Å². The number of hydrogen-bond donors (Lipinski definition) is 2. The molecule has 1 atom stereocenters. The van der Waals surface area contributed by atoms with Crippen LogP contribution < -0.4 is 5.32 Å². The number of aliphatic imine (C=N–C) groups is 1. The predicted octanol–water partition coefficient (Wildman–Crippen LogP) is 3.64. The Bertz CT molecular complexity index is 739. The van der Waals surface area contributed by atoms with Gasteiger partial charge >= 0.3 is 0 Å². The van der Waals surface area contributed by atoms with Crippen LogP contribution in [0.4, 0.5) is 5.69 Å². The highest BCUT2D eigenvalue weighted by molar-refractivity contribution is 6.08. The number of nitrogens with one attached hydrogen (secondary N) is 1. The van der Waals surface area contributed by atoms with Gasteiger partial charge in [0.2, 0.25) is 0 Å². The monoisotopic (exact) mass is 276 g/mol. The lowest BCUT2D eigenvalue weighted by Gasteiger charge is -2.26. The third-order valence-corrected chi connectivity index (χ3v) is 3.62. The van der Waals surface area contributed by atoms with Crippen LogP contribution in [0.25, 0.3) is 0 Å². The van der Waals surface area contributed by atoms with E-state index in [4.69, 9.17) is 11.4 Å². The van der Waals surface area contributed by atoms with Gasteiger partial charge in [-0.05, 0) is 36.2 Å². The van der Waals surface area contributed by atoms with Gasteiger partial charge in [0.25, 0.3) is 0 Å². The van der Waals surface area contributed by atoms with Crippen LogP contribution >= 0.6 is 0 Å². The second-order valence-electron chi connectivity index (χ2n) is 5.09. The van der Waals surface area contributed by atoms with E-state index in [0.717, 1.165) is 28.1 Å². The normalized spacial score (nSPS) is 16.4. The predicted molar refractivity (Wildman–Crippen MR) is 85.6 cm³/mol. The van der Waals surface area contributed by atoms with Crippen molar-refractivity contribution in [1.82, 2.24) is 0 Å². The fourth-order valence-corrected chi connectivity index (χ4v) is 2.62. The average Bonchev–Trinajstić information content (AvgIpc) is 2.48. The van der Waals surface area contributed by atoms with Crippen molar-refractivity contribution in [1.29, 1.82) is 0 Å². The lowest BCUT2D eigenvalue weighted by atomic mass is 9.97. The minimum absolute atomic E-state index is 0.178. The Kier molecular flexibility index (Phi) is 3.37. The zero-order chi connectivity index (χ0) is 14.8. The number of anilines is 1. The maximum Gasteiger partial charge on any atom is 0.145 e. The number of phenols is 1. The van der Waals surface area contributed by atoms with Crippen LogP contribution in [-0.4, -0.2) is 10.8 Å². The summed E-state index contributed by atoms with van der Waals surface area (Å²) in [6, 6.07) is 13.2. The topological polar surface area (TPSA) is 44.6 Å². The first kappa shape index (κ1) is 13.3. The molecule has 1 aliphatic rings. The third-order valence-electron chi connectivity index (χ3n) is 3.62. The summed E-state index contributed by atoms with van der Waals surface area (Å²) in [7, 11) is 0.